The molecule has 0 aliphatic rings. The van der Waals surface area contributed by atoms with Gasteiger partial charge in [-0.15, -0.1) is 6.58 Å². The van der Waals surface area contributed by atoms with Crippen LogP contribution in [0, 0.1) is 0 Å². The van der Waals surface area contributed by atoms with E-state index in [0.717, 1.165) is 22.4 Å². The van der Waals surface area contributed by atoms with Gasteiger partial charge in [0, 0.05) is 23.0 Å². The number of hydrogen-bond donors (Lipinski definition) is 1. The summed E-state index contributed by atoms with van der Waals surface area (Å²) in [7, 11) is 3.36. The normalized spacial score (nSPS) is 12.1. The van der Waals surface area contributed by atoms with Crippen molar-refractivity contribution in [3.63, 3.8) is 0 Å². The van der Waals surface area contributed by atoms with Crippen LogP contribution in [-0.2, 0) is 0 Å². The summed E-state index contributed by atoms with van der Waals surface area (Å²) in [6.07, 6.45) is 4.00. The second kappa shape index (κ2) is 5.98. The van der Waals surface area contributed by atoms with E-state index >= 15 is 0 Å². The molecule has 3 heteroatoms. The summed E-state index contributed by atoms with van der Waals surface area (Å²) < 4.78 is 10.6. The molecule has 0 aliphatic carbocycles. The zero-order valence-corrected chi connectivity index (χ0v) is 12.8. The molecule has 0 radical (unpaired) electrons. The summed E-state index contributed by atoms with van der Waals surface area (Å²) in [5.74, 6) is 1.82. The van der Waals surface area contributed by atoms with E-state index in [0.29, 0.717) is 0 Å². The number of benzene rings is 2. The quantitative estimate of drug-likeness (QED) is 0.703. The lowest BCUT2D eigenvalue weighted by Crippen LogP contribution is -1.97. The van der Waals surface area contributed by atoms with Gasteiger partial charge in [-0.3, -0.25) is 0 Å². The fraction of sp³-hybridized carbons (Fsp3) is 0.158. The second-order valence-corrected chi connectivity index (χ2v) is 5.14. The zero-order chi connectivity index (χ0) is 15.5. The molecule has 3 rings (SSSR count). The largest absolute Gasteiger partial charge is 0.497 e. The molecule has 0 bridgehead atoms. The first-order valence-electron chi connectivity index (χ1n) is 7.18. The number of ether oxygens (including phenoxy) is 2. The molecule has 3 nitrogen and oxygen atoms in total. The first kappa shape index (κ1) is 14.3. The van der Waals surface area contributed by atoms with Crippen LogP contribution in [0.4, 0.5) is 0 Å². The monoisotopic (exact) mass is 293 g/mol. The third kappa shape index (κ3) is 2.46. The summed E-state index contributed by atoms with van der Waals surface area (Å²) in [5, 5.41) is 1.15. The Morgan fingerprint density at radius 2 is 1.68 bits per heavy atom. The Balaban J connectivity index is 2.07. The van der Waals surface area contributed by atoms with Gasteiger partial charge < -0.3 is 14.5 Å². The van der Waals surface area contributed by atoms with E-state index in [2.05, 4.69) is 29.8 Å². The second-order valence-electron chi connectivity index (χ2n) is 5.14. The highest BCUT2D eigenvalue weighted by molar-refractivity contribution is 5.86. The topological polar surface area (TPSA) is 34.2 Å². The van der Waals surface area contributed by atoms with Crippen molar-refractivity contribution in [1.82, 2.24) is 4.98 Å². The summed E-state index contributed by atoms with van der Waals surface area (Å²) in [5.41, 5.74) is 3.46. The maximum Gasteiger partial charge on any atom is 0.119 e. The van der Waals surface area contributed by atoms with E-state index in [1.54, 1.807) is 14.2 Å². The minimum absolute atomic E-state index is 0.117. The van der Waals surface area contributed by atoms with Gasteiger partial charge >= 0.3 is 0 Å². The van der Waals surface area contributed by atoms with Crippen molar-refractivity contribution in [2.24, 2.45) is 0 Å². The predicted octanol–water partition coefficient (Wildman–Crippen LogP) is 4.50. The summed E-state index contributed by atoms with van der Waals surface area (Å²) in [6, 6.07) is 14.1. The predicted molar refractivity (Wildman–Crippen MR) is 89.9 cm³/mol. The number of fused-ring (bicyclic) bond motifs is 1. The van der Waals surface area contributed by atoms with E-state index in [4.69, 9.17) is 9.47 Å². The molecule has 0 aliphatic heterocycles. The van der Waals surface area contributed by atoms with Gasteiger partial charge in [0.05, 0.1) is 14.2 Å². The lowest BCUT2D eigenvalue weighted by Gasteiger charge is -2.13. The van der Waals surface area contributed by atoms with Crippen LogP contribution in [0.3, 0.4) is 0 Å². The van der Waals surface area contributed by atoms with Gasteiger partial charge in [-0.1, -0.05) is 18.2 Å². The van der Waals surface area contributed by atoms with Crippen LogP contribution in [0.15, 0.2) is 61.3 Å². The molecular weight excluding hydrogens is 274 g/mol. The molecular formula is C19H19NO2. The van der Waals surface area contributed by atoms with Gasteiger partial charge in [0.15, 0.2) is 0 Å². The van der Waals surface area contributed by atoms with Crippen LogP contribution in [-0.4, -0.2) is 19.2 Å². The standard InChI is InChI=1S/C19H19NO2/c1-4-16(13-5-7-14(21-2)8-6-13)18-12-20-19-10-9-15(22-3)11-17(18)19/h4-12,16,20H,1H2,2-3H3/t16-/m0/s1. The molecule has 0 saturated carbocycles. The summed E-state index contributed by atoms with van der Waals surface area (Å²) >= 11 is 0. The van der Waals surface area contributed by atoms with Crippen LogP contribution in [0.1, 0.15) is 17.0 Å². The van der Waals surface area contributed by atoms with Gasteiger partial charge in [-0.2, -0.15) is 0 Å². The summed E-state index contributed by atoms with van der Waals surface area (Å²) in [4.78, 5) is 3.32. The number of rotatable bonds is 5. The van der Waals surface area contributed by atoms with Gasteiger partial charge in [-0.05, 0) is 41.5 Å². The maximum absolute atomic E-state index is 5.34. The molecule has 1 heterocycles. The molecule has 2 aromatic carbocycles. The van der Waals surface area contributed by atoms with Crippen molar-refractivity contribution in [2.75, 3.05) is 14.2 Å². The van der Waals surface area contributed by atoms with Crippen molar-refractivity contribution < 1.29 is 9.47 Å². The average Bonchev–Trinajstić information content (AvgIpc) is 2.99. The van der Waals surface area contributed by atoms with Crippen LogP contribution in [0.2, 0.25) is 0 Å². The maximum atomic E-state index is 5.34. The highest BCUT2D eigenvalue weighted by atomic mass is 16.5. The number of H-pyrrole nitrogens is 1. The summed E-state index contributed by atoms with van der Waals surface area (Å²) in [6.45, 7) is 4.01. The molecule has 0 fully saturated rings. The van der Waals surface area contributed by atoms with Crippen LogP contribution < -0.4 is 9.47 Å². The van der Waals surface area contributed by atoms with Gasteiger partial charge in [-0.25, -0.2) is 0 Å². The Labute approximate surface area is 130 Å². The molecule has 1 N–H and O–H groups in total. The van der Waals surface area contributed by atoms with E-state index in [9.17, 15) is 0 Å². The molecule has 22 heavy (non-hydrogen) atoms. The van der Waals surface area contributed by atoms with E-state index < -0.39 is 0 Å². The van der Waals surface area contributed by atoms with E-state index in [-0.39, 0.29) is 5.92 Å². The molecule has 0 amide bonds. The minimum atomic E-state index is 0.117. The van der Waals surface area contributed by atoms with Crippen LogP contribution >= 0.6 is 0 Å². The molecule has 0 unspecified atom stereocenters. The lowest BCUT2D eigenvalue weighted by atomic mass is 9.91. The lowest BCUT2D eigenvalue weighted by molar-refractivity contribution is 0.414. The number of allylic oxidation sites excluding steroid dienone is 1. The fourth-order valence-corrected chi connectivity index (χ4v) is 2.76. The Morgan fingerprint density at radius 1 is 1.00 bits per heavy atom. The van der Waals surface area contributed by atoms with Crippen LogP contribution in [0.5, 0.6) is 11.5 Å². The number of hydrogen-bond acceptors (Lipinski definition) is 2. The molecule has 1 atom stereocenters. The van der Waals surface area contributed by atoms with E-state index in [1.165, 1.54) is 11.1 Å². The van der Waals surface area contributed by atoms with E-state index in [1.807, 2.05) is 36.5 Å². The molecule has 3 aromatic rings. The smallest absolute Gasteiger partial charge is 0.119 e. The van der Waals surface area contributed by atoms with Gasteiger partial charge in [0.25, 0.3) is 0 Å². The number of aromatic nitrogens is 1. The van der Waals surface area contributed by atoms with Gasteiger partial charge in [0.1, 0.15) is 11.5 Å². The molecule has 0 spiro atoms. The third-order valence-corrected chi connectivity index (χ3v) is 3.97. The fourth-order valence-electron chi connectivity index (χ4n) is 2.76. The molecule has 1 aromatic heterocycles. The van der Waals surface area contributed by atoms with Crippen molar-refractivity contribution in [2.45, 2.75) is 5.92 Å². The SMILES string of the molecule is C=C[C@@H](c1ccc(OC)cc1)c1c[nH]c2ccc(OC)cc12. The Kier molecular flexibility index (Phi) is 3.88. The number of nitrogens with one attached hydrogen (secondary N) is 1. The number of methoxy groups -OCH3 is 2. The van der Waals surface area contributed by atoms with Crippen molar-refractivity contribution >= 4 is 10.9 Å². The van der Waals surface area contributed by atoms with Gasteiger partial charge in [0.2, 0.25) is 0 Å². The molecule has 112 valence electrons. The Morgan fingerprint density at radius 3 is 2.32 bits per heavy atom. The van der Waals surface area contributed by atoms with Crippen molar-refractivity contribution in [1.29, 1.82) is 0 Å². The Bertz CT molecular complexity index is 787. The first-order valence-corrected chi connectivity index (χ1v) is 7.18. The Hall–Kier alpha value is -2.68. The highest BCUT2D eigenvalue weighted by Crippen LogP contribution is 2.34. The average molecular weight is 293 g/mol. The van der Waals surface area contributed by atoms with Crippen molar-refractivity contribution in [3.8, 4) is 11.5 Å². The third-order valence-electron chi connectivity index (χ3n) is 3.97. The number of aromatic amines is 1. The zero-order valence-electron chi connectivity index (χ0n) is 12.8. The molecule has 0 saturated heterocycles. The highest BCUT2D eigenvalue weighted by Gasteiger charge is 2.15. The first-order chi connectivity index (χ1) is 10.8. The van der Waals surface area contributed by atoms with Crippen molar-refractivity contribution in [3.05, 3.63) is 72.4 Å². The minimum Gasteiger partial charge on any atom is -0.497 e. The van der Waals surface area contributed by atoms with Crippen LogP contribution in [0.25, 0.3) is 10.9 Å².